The number of aromatic nitrogens is 2. The van der Waals surface area contributed by atoms with Gasteiger partial charge in [-0.05, 0) is 19.8 Å². The van der Waals surface area contributed by atoms with Gasteiger partial charge in [-0.25, -0.2) is 14.8 Å². The van der Waals surface area contributed by atoms with Crippen LogP contribution in [0.15, 0.2) is 24.5 Å². The summed E-state index contributed by atoms with van der Waals surface area (Å²) in [5, 5.41) is 0. The molecular formula is C16H22N4O2. The SMILES string of the molecule is CCOC(=O)N1CCN(c2cc(C3CC=CC3)ncn2)CC1. The third-order valence-corrected chi connectivity index (χ3v) is 4.23. The Hall–Kier alpha value is -2.11. The van der Waals surface area contributed by atoms with E-state index in [1.54, 1.807) is 11.2 Å². The molecule has 1 aliphatic heterocycles. The summed E-state index contributed by atoms with van der Waals surface area (Å²) < 4.78 is 5.04. The van der Waals surface area contributed by atoms with Crippen molar-refractivity contribution >= 4 is 11.9 Å². The highest BCUT2D eigenvalue weighted by atomic mass is 16.6. The number of nitrogens with zero attached hydrogens (tertiary/aromatic N) is 4. The second-order valence-electron chi connectivity index (χ2n) is 5.61. The highest BCUT2D eigenvalue weighted by Crippen LogP contribution is 2.29. The standard InChI is InChI=1S/C16H22N4O2/c1-2-22-16(21)20-9-7-19(8-10-20)15-11-14(17-12-18-15)13-5-3-4-6-13/h3-4,11-13H,2,5-10H2,1H3. The van der Waals surface area contributed by atoms with E-state index in [9.17, 15) is 4.79 Å². The van der Waals surface area contributed by atoms with Gasteiger partial charge in [0, 0.05) is 43.9 Å². The summed E-state index contributed by atoms with van der Waals surface area (Å²) in [6.07, 6.45) is 7.98. The van der Waals surface area contributed by atoms with Crippen molar-refractivity contribution < 1.29 is 9.53 Å². The van der Waals surface area contributed by atoms with E-state index in [0.29, 0.717) is 25.6 Å². The average molecular weight is 302 g/mol. The molecule has 2 heterocycles. The molecule has 0 saturated carbocycles. The topological polar surface area (TPSA) is 58.6 Å². The predicted molar refractivity (Wildman–Crippen MR) is 84.0 cm³/mol. The van der Waals surface area contributed by atoms with Crippen LogP contribution < -0.4 is 4.90 Å². The van der Waals surface area contributed by atoms with Gasteiger partial charge < -0.3 is 14.5 Å². The molecule has 1 saturated heterocycles. The molecule has 0 atom stereocenters. The van der Waals surface area contributed by atoms with Crippen LogP contribution in [-0.2, 0) is 4.74 Å². The number of allylic oxidation sites excluding steroid dienone is 2. The summed E-state index contributed by atoms with van der Waals surface area (Å²) in [6.45, 7) is 5.14. The smallest absolute Gasteiger partial charge is 0.409 e. The van der Waals surface area contributed by atoms with Crippen LogP contribution in [0.5, 0.6) is 0 Å². The van der Waals surface area contributed by atoms with Crippen molar-refractivity contribution in [2.24, 2.45) is 0 Å². The van der Waals surface area contributed by atoms with Crippen LogP contribution in [0.1, 0.15) is 31.4 Å². The number of hydrogen-bond acceptors (Lipinski definition) is 5. The van der Waals surface area contributed by atoms with Crippen molar-refractivity contribution in [1.82, 2.24) is 14.9 Å². The molecule has 118 valence electrons. The Morgan fingerprint density at radius 1 is 1.23 bits per heavy atom. The number of amides is 1. The van der Waals surface area contributed by atoms with Crippen molar-refractivity contribution in [3.05, 3.63) is 30.2 Å². The van der Waals surface area contributed by atoms with Gasteiger partial charge in [0.2, 0.25) is 0 Å². The molecule has 0 aromatic carbocycles. The molecule has 1 aliphatic carbocycles. The van der Waals surface area contributed by atoms with Crippen molar-refractivity contribution in [3.63, 3.8) is 0 Å². The van der Waals surface area contributed by atoms with E-state index < -0.39 is 0 Å². The largest absolute Gasteiger partial charge is 0.450 e. The lowest BCUT2D eigenvalue weighted by molar-refractivity contribution is 0.105. The zero-order valence-corrected chi connectivity index (χ0v) is 12.9. The van der Waals surface area contributed by atoms with E-state index >= 15 is 0 Å². The fourth-order valence-electron chi connectivity index (χ4n) is 2.95. The molecule has 0 N–H and O–H groups in total. The molecule has 1 fully saturated rings. The van der Waals surface area contributed by atoms with Crippen LogP contribution >= 0.6 is 0 Å². The maximum Gasteiger partial charge on any atom is 0.409 e. The van der Waals surface area contributed by atoms with Gasteiger partial charge in [0.05, 0.1) is 6.61 Å². The first-order valence-electron chi connectivity index (χ1n) is 7.91. The second-order valence-corrected chi connectivity index (χ2v) is 5.61. The summed E-state index contributed by atoms with van der Waals surface area (Å²) in [5.74, 6) is 1.45. The highest BCUT2D eigenvalue weighted by molar-refractivity contribution is 5.68. The summed E-state index contributed by atoms with van der Waals surface area (Å²) in [4.78, 5) is 24.5. The van der Waals surface area contributed by atoms with Crippen molar-refractivity contribution in [3.8, 4) is 0 Å². The summed E-state index contributed by atoms with van der Waals surface area (Å²) in [6, 6.07) is 2.09. The first-order valence-corrected chi connectivity index (χ1v) is 7.91. The lowest BCUT2D eigenvalue weighted by Gasteiger charge is -2.34. The number of piperazine rings is 1. The first kappa shape index (κ1) is 14.8. The minimum atomic E-state index is -0.220. The van der Waals surface area contributed by atoms with E-state index in [4.69, 9.17) is 4.74 Å². The molecule has 1 amide bonds. The summed E-state index contributed by atoms with van der Waals surface area (Å²) >= 11 is 0. The number of rotatable bonds is 3. The maximum absolute atomic E-state index is 11.7. The van der Waals surface area contributed by atoms with Crippen molar-refractivity contribution in [2.75, 3.05) is 37.7 Å². The maximum atomic E-state index is 11.7. The number of anilines is 1. The number of hydrogen-bond donors (Lipinski definition) is 0. The van der Waals surface area contributed by atoms with Crippen LogP contribution in [-0.4, -0.2) is 53.7 Å². The van der Waals surface area contributed by atoms with Crippen molar-refractivity contribution in [2.45, 2.75) is 25.7 Å². The molecule has 0 radical (unpaired) electrons. The van der Waals surface area contributed by atoms with Gasteiger partial charge in [0.15, 0.2) is 0 Å². The number of carbonyl (C=O) groups is 1. The van der Waals surface area contributed by atoms with E-state index in [1.807, 2.05) is 6.92 Å². The van der Waals surface area contributed by atoms with E-state index in [1.165, 1.54) is 0 Å². The highest BCUT2D eigenvalue weighted by Gasteiger charge is 2.23. The fourth-order valence-corrected chi connectivity index (χ4v) is 2.95. The molecular weight excluding hydrogens is 280 g/mol. The van der Waals surface area contributed by atoms with Crippen LogP contribution in [0.3, 0.4) is 0 Å². The van der Waals surface area contributed by atoms with Gasteiger partial charge in [-0.1, -0.05) is 12.2 Å². The predicted octanol–water partition coefficient (Wildman–Crippen LogP) is 2.19. The van der Waals surface area contributed by atoms with Gasteiger partial charge >= 0.3 is 6.09 Å². The quantitative estimate of drug-likeness (QED) is 0.801. The zero-order valence-electron chi connectivity index (χ0n) is 12.9. The van der Waals surface area contributed by atoms with Crippen molar-refractivity contribution in [1.29, 1.82) is 0 Å². The van der Waals surface area contributed by atoms with Gasteiger partial charge in [-0.2, -0.15) is 0 Å². The molecule has 3 rings (SSSR count). The minimum Gasteiger partial charge on any atom is -0.450 e. The molecule has 1 aromatic heterocycles. The monoisotopic (exact) mass is 302 g/mol. The average Bonchev–Trinajstić information content (AvgIpc) is 3.10. The normalized spacial score (nSPS) is 18.8. The fraction of sp³-hybridized carbons (Fsp3) is 0.562. The number of ether oxygens (including phenoxy) is 1. The van der Waals surface area contributed by atoms with Gasteiger partial charge in [-0.3, -0.25) is 0 Å². The van der Waals surface area contributed by atoms with E-state index in [0.717, 1.165) is 37.4 Å². The third kappa shape index (κ3) is 3.21. The van der Waals surface area contributed by atoms with Crippen LogP contribution in [0.2, 0.25) is 0 Å². The Kier molecular flexibility index (Phi) is 4.56. The summed E-state index contributed by atoms with van der Waals surface area (Å²) in [7, 11) is 0. The van der Waals surface area contributed by atoms with Gasteiger partial charge in [-0.15, -0.1) is 0 Å². The van der Waals surface area contributed by atoms with Crippen LogP contribution in [0.4, 0.5) is 10.6 Å². The zero-order chi connectivity index (χ0) is 15.4. The molecule has 0 spiro atoms. The molecule has 6 heteroatoms. The Bertz CT molecular complexity index is 545. The van der Waals surface area contributed by atoms with E-state index in [2.05, 4.69) is 33.1 Å². The first-order chi connectivity index (χ1) is 10.8. The van der Waals surface area contributed by atoms with Crippen LogP contribution in [0, 0.1) is 0 Å². The van der Waals surface area contributed by atoms with Crippen LogP contribution in [0.25, 0.3) is 0 Å². The van der Waals surface area contributed by atoms with Gasteiger partial charge in [0.25, 0.3) is 0 Å². The number of carbonyl (C=O) groups excluding carboxylic acids is 1. The second kappa shape index (κ2) is 6.77. The molecule has 0 bridgehead atoms. The molecule has 2 aliphatic rings. The third-order valence-electron chi connectivity index (χ3n) is 4.23. The lowest BCUT2D eigenvalue weighted by Crippen LogP contribution is -2.49. The Labute approximate surface area is 130 Å². The molecule has 22 heavy (non-hydrogen) atoms. The molecule has 1 aromatic rings. The molecule has 6 nitrogen and oxygen atoms in total. The van der Waals surface area contributed by atoms with Gasteiger partial charge in [0.1, 0.15) is 12.1 Å². The Balaban J connectivity index is 1.61. The Morgan fingerprint density at radius 2 is 1.95 bits per heavy atom. The minimum absolute atomic E-state index is 0.220. The molecule has 0 unspecified atom stereocenters. The lowest BCUT2D eigenvalue weighted by atomic mass is 10.0. The summed E-state index contributed by atoms with van der Waals surface area (Å²) in [5.41, 5.74) is 1.11. The van der Waals surface area contributed by atoms with E-state index in [-0.39, 0.29) is 6.09 Å². The Morgan fingerprint density at radius 3 is 2.64 bits per heavy atom.